The van der Waals surface area contributed by atoms with E-state index in [0.717, 1.165) is 30.0 Å². The van der Waals surface area contributed by atoms with Gasteiger partial charge < -0.3 is 9.80 Å². The molecular formula is C23H23N5O4S. The standard InChI is InChI=1S/C23H23N5O4S/c1-15(29)21-20(16-6-4-3-5-7-16)24-23(33-21)25-22(30)17-8-9-18(19(14-17)28(31)32)27-12-10-26(2)11-13-27/h3-9,14H,10-13H2,1-2H3,(H,24,25,30). The van der Waals surface area contributed by atoms with Crippen molar-refractivity contribution in [2.75, 3.05) is 43.4 Å². The molecule has 0 bridgehead atoms. The molecule has 1 amide bonds. The number of nitrogens with one attached hydrogen (secondary N) is 1. The Morgan fingerprint density at radius 2 is 1.79 bits per heavy atom. The number of hydrogen-bond acceptors (Lipinski definition) is 8. The highest BCUT2D eigenvalue weighted by molar-refractivity contribution is 7.18. The molecule has 0 unspecified atom stereocenters. The number of carbonyl (C=O) groups is 2. The zero-order valence-corrected chi connectivity index (χ0v) is 19.1. The van der Waals surface area contributed by atoms with Crippen LogP contribution in [-0.4, -0.2) is 59.7 Å². The largest absolute Gasteiger partial charge is 0.363 e. The Hall–Kier alpha value is -3.63. The maximum Gasteiger partial charge on any atom is 0.293 e. The van der Waals surface area contributed by atoms with Crippen LogP contribution in [0.5, 0.6) is 0 Å². The van der Waals surface area contributed by atoms with Crippen molar-refractivity contribution in [2.45, 2.75) is 6.92 Å². The van der Waals surface area contributed by atoms with Gasteiger partial charge in [0.15, 0.2) is 10.9 Å². The lowest BCUT2D eigenvalue weighted by molar-refractivity contribution is -0.384. The number of nitro groups is 1. The molecule has 4 rings (SSSR count). The molecule has 1 aromatic heterocycles. The minimum atomic E-state index is -0.522. The molecule has 0 spiro atoms. The van der Waals surface area contributed by atoms with Gasteiger partial charge in [-0.25, -0.2) is 4.98 Å². The summed E-state index contributed by atoms with van der Waals surface area (Å²) in [6.07, 6.45) is 0. The summed E-state index contributed by atoms with van der Waals surface area (Å²) in [5.41, 5.74) is 1.82. The molecule has 0 saturated carbocycles. The summed E-state index contributed by atoms with van der Waals surface area (Å²) < 4.78 is 0. The summed E-state index contributed by atoms with van der Waals surface area (Å²) in [5.74, 6) is -0.675. The summed E-state index contributed by atoms with van der Waals surface area (Å²) in [6, 6.07) is 13.7. The second-order valence-corrected chi connectivity index (χ2v) is 8.82. The number of ketones is 1. The van der Waals surface area contributed by atoms with Crippen molar-refractivity contribution in [1.82, 2.24) is 9.88 Å². The number of amides is 1. The minimum Gasteiger partial charge on any atom is -0.363 e. The van der Waals surface area contributed by atoms with Crippen LogP contribution in [0.3, 0.4) is 0 Å². The van der Waals surface area contributed by atoms with Crippen molar-refractivity contribution in [2.24, 2.45) is 0 Å². The lowest BCUT2D eigenvalue weighted by Gasteiger charge is -2.33. The van der Waals surface area contributed by atoms with E-state index in [-0.39, 0.29) is 22.2 Å². The number of hydrogen-bond donors (Lipinski definition) is 1. The molecule has 0 atom stereocenters. The van der Waals surface area contributed by atoms with E-state index in [1.165, 1.54) is 13.0 Å². The number of carbonyl (C=O) groups excluding carboxylic acids is 2. The number of likely N-dealkylation sites (N-methyl/N-ethyl adjacent to an activating group) is 1. The van der Waals surface area contributed by atoms with E-state index >= 15 is 0 Å². The molecule has 1 N–H and O–H groups in total. The lowest BCUT2D eigenvalue weighted by Crippen LogP contribution is -2.44. The number of benzene rings is 2. The van der Waals surface area contributed by atoms with Crippen molar-refractivity contribution in [3.05, 3.63) is 69.1 Å². The van der Waals surface area contributed by atoms with Gasteiger partial charge in [-0.2, -0.15) is 0 Å². The van der Waals surface area contributed by atoms with Crippen LogP contribution in [0.15, 0.2) is 48.5 Å². The molecule has 2 aromatic carbocycles. The van der Waals surface area contributed by atoms with Crippen molar-refractivity contribution < 1.29 is 14.5 Å². The smallest absolute Gasteiger partial charge is 0.293 e. The molecule has 0 radical (unpaired) electrons. The van der Waals surface area contributed by atoms with Crippen molar-refractivity contribution >= 4 is 39.5 Å². The Bertz CT molecular complexity index is 1200. The first kappa shape index (κ1) is 22.6. The third-order valence-electron chi connectivity index (χ3n) is 5.49. The molecule has 2 heterocycles. The Labute approximate surface area is 194 Å². The van der Waals surface area contributed by atoms with Gasteiger partial charge in [-0.15, -0.1) is 0 Å². The summed E-state index contributed by atoms with van der Waals surface area (Å²) in [4.78, 5) is 45.3. The van der Waals surface area contributed by atoms with Crippen molar-refractivity contribution in [1.29, 1.82) is 0 Å². The van der Waals surface area contributed by atoms with Gasteiger partial charge in [-0.3, -0.25) is 25.0 Å². The predicted octanol–water partition coefficient (Wildman–Crippen LogP) is 3.93. The second kappa shape index (κ2) is 9.47. The third-order valence-corrected chi connectivity index (χ3v) is 6.56. The van der Waals surface area contributed by atoms with Crippen LogP contribution < -0.4 is 10.2 Å². The van der Waals surface area contributed by atoms with Gasteiger partial charge in [0.05, 0.1) is 15.5 Å². The van der Waals surface area contributed by atoms with Crippen LogP contribution in [-0.2, 0) is 0 Å². The monoisotopic (exact) mass is 465 g/mol. The fourth-order valence-corrected chi connectivity index (χ4v) is 4.58. The zero-order chi connectivity index (χ0) is 23.5. The van der Waals surface area contributed by atoms with E-state index in [9.17, 15) is 19.7 Å². The molecule has 3 aromatic rings. The first-order valence-electron chi connectivity index (χ1n) is 10.4. The third kappa shape index (κ3) is 4.91. The van der Waals surface area contributed by atoms with Crippen LogP contribution in [0.2, 0.25) is 0 Å². The average Bonchev–Trinajstić information content (AvgIpc) is 3.24. The van der Waals surface area contributed by atoms with Gasteiger partial charge in [0.2, 0.25) is 0 Å². The molecule has 0 aliphatic carbocycles. The summed E-state index contributed by atoms with van der Waals surface area (Å²) in [6.45, 7) is 4.43. The first-order valence-corrected chi connectivity index (χ1v) is 11.3. The number of rotatable bonds is 6. The molecule has 33 heavy (non-hydrogen) atoms. The van der Waals surface area contributed by atoms with E-state index in [1.807, 2.05) is 42.3 Å². The Balaban J connectivity index is 1.59. The van der Waals surface area contributed by atoms with Gasteiger partial charge >= 0.3 is 0 Å². The first-order chi connectivity index (χ1) is 15.8. The molecule has 1 aliphatic heterocycles. The van der Waals surface area contributed by atoms with Crippen molar-refractivity contribution in [3.63, 3.8) is 0 Å². The summed E-state index contributed by atoms with van der Waals surface area (Å²) >= 11 is 1.08. The van der Waals surface area contributed by atoms with Gasteiger partial charge in [0, 0.05) is 50.3 Å². The molecule has 9 nitrogen and oxygen atoms in total. The van der Waals surface area contributed by atoms with Crippen LogP contribution in [0, 0.1) is 10.1 Å². The number of aromatic nitrogens is 1. The number of piperazine rings is 1. The second-order valence-electron chi connectivity index (χ2n) is 7.82. The quantitative estimate of drug-likeness (QED) is 0.334. The zero-order valence-electron chi connectivity index (χ0n) is 18.3. The number of anilines is 2. The molecular weight excluding hydrogens is 442 g/mol. The number of nitro benzene ring substituents is 1. The molecule has 170 valence electrons. The molecule has 1 aliphatic rings. The van der Waals surface area contributed by atoms with Crippen LogP contribution in [0.25, 0.3) is 11.3 Å². The Morgan fingerprint density at radius 1 is 1.09 bits per heavy atom. The lowest BCUT2D eigenvalue weighted by atomic mass is 10.1. The number of thiazole rings is 1. The molecule has 10 heteroatoms. The van der Waals surface area contributed by atoms with Crippen LogP contribution >= 0.6 is 11.3 Å². The number of Topliss-reactive ketones (excluding diaryl/α,β-unsaturated/α-hetero) is 1. The SMILES string of the molecule is CC(=O)c1sc(NC(=O)c2ccc(N3CCN(C)CC3)c([N+](=O)[O-])c2)nc1-c1ccccc1. The highest BCUT2D eigenvalue weighted by Gasteiger charge is 2.25. The topological polar surface area (TPSA) is 109 Å². The van der Waals surface area contributed by atoms with Gasteiger partial charge in [0.25, 0.3) is 11.6 Å². The minimum absolute atomic E-state index is 0.110. The maximum absolute atomic E-state index is 12.9. The average molecular weight is 466 g/mol. The van der Waals surface area contributed by atoms with E-state index < -0.39 is 10.8 Å². The Morgan fingerprint density at radius 3 is 2.42 bits per heavy atom. The van der Waals surface area contributed by atoms with E-state index in [0.29, 0.717) is 29.3 Å². The van der Waals surface area contributed by atoms with Crippen molar-refractivity contribution in [3.8, 4) is 11.3 Å². The Kier molecular flexibility index (Phi) is 6.47. The van der Waals surface area contributed by atoms with E-state index in [2.05, 4.69) is 15.2 Å². The van der Waals surface area contributed by atoms with Gasteiger partial charge in [0.1, 0.15) is 5.69 Å². The molecule has 1 fully saturated rings. The molecule has 1 saturated heterocycles. The van der Waals surface area contributed by atoms with E-state index in [4.69, 9.17) is 0 Å². The summed E-state index contributed by atoms with van der Waals surface area (Å²) in [7, 11) is 2.01. The van der Waals surface area contributed by atoms with E-state index in [1.54, 1.807) is 12.1 Å². The number of nitrogens with zero attached hydrogens (tertiary/aromatic N) is 4. The maximum atomic E-state index is 12.9. The van der Waals surface area contributed by atoms with Gasteiger partial charge in [-0.1, -0.05) is 41.7 Å². The summed E-state index contributed by atoms with van der Waals surface area (Å²) in [5, 5.41) is 14.7. The fourth-order valence-electron chi connectivity index (χ4n) is 3.70. The predicted molar refractivity (Wildman–Crippen MR) is 128 cm³/mol. The highest BCUT2D eigenvalue weighted by Crippen LogP contribution is 2.33. The normalized spacial score (nSPS) is 14.2. The fraction of sp³-hybridized carbons (Fsp3) is 0.261. The highest BCUT2D eigenvalue weighted by atomic mass is 32.1. The van der Waals surface area contributed by atoms with Crippen LogP contribution in [0.4, 0.5) is 16.5 Å². The van der Waals surface area contributed by atoms with Crippen LogP contribution in [0.1, 0.15) is 27.0 Å². The van der Waals surface area contributed by atoms with Gasteiger partial charge in [-0.05, 0) is 19.2 Å².